The molecule has 1 rings (SSSR count). The summed E-state index contributed by atoms with van der Waals surface area (Å²) in [5.41, 5.74) is 0.172. The van der Waals surface area contributed by atoms with Crippen LogP contribution in [0.3, 0.4) is 0 Å². The first-order valence-electron chi connectivity index (χ1n) is 4.58. The van der Waals surface area contributed by atoms with E-state index in [4.69, 9.17) is 9.47 Å². The summed E-state index contributed by atoms with van der Waals surface area (Å²) in [6.45, 7) is 3.58. The highest BCUT2D eigenvalue weighted by Gasteiger charge is 2.15. The second-order valence-corrected chi connectivity index (χ2v) is 3.28. The average molecular weight is 212 g/mol. The molecular formula is C11H13FO3. The van der Waals surface area contributed by atoms with Crippen LogP contribution in [0.5, 0.6) is 11.5 Å². The van der Waals surface area contributed by atoms with Crippen molar-refractivity contribution in [1.82, 2.24) is 0 Å². The van der Waals surface area contributed by atoms with Gasteiger partial charge in [-0.05, 0) is 26.0 Å². The van der Waals surface area contributed by atoms with E-state index >= 15 is 0 Å². The Bertz CT molecular complexity index is 361. The predicted molar refractivity (Wildman–Crippen MR) is 54.1 cm³/mol. The van der Waals surface area contributed by atoms with Crippen LogP contribution >= 0.6 is 0 Å². The van der Waals surface area contributed by atoms with E-state index in [9.17, 15) is 9.18 Å². The highest BCUT2D eigenvalue weighted by Crippen LogP contribution is 2.29. The molecule has 0 aliphatic rings. The molecule has 1 aromatic carbocycles. The smallest absolute Gasteiger partial charge is 0.207 e. The van der Waals surface area contributed by atoms with E-state index in [1.54, 1.807) is 13.8 Å². The molecular weight excluding hydrogens is 199 g/mol. The molecule has 0 amide bonds. The van der Waals surface area contributed by atoms with Crippen molar-refractivity contribution in [2.75, 3.05) is 7.11 Å². The Labute approximate surface area is 87.8 Å². The Morgan fingerprint density at radius 2 is 2.07 bits per heavy atom. The minimum Gasteiger partial charge on any atom is -0.493 e. The number of hydrogen-bond donors (Lipinski definition) is 0. The Balaban J connectivity index is 3.16. The summed E-state index contributed by atoms with van der Waals surface area (Å²) in [6, 6.07) is 2.88. The van der Waals surface area contributed by atoms with Gasteiger partial charge in [0.25, 0.3) is 0 Å². The Morgan fingerprint density at radius 3 is 2.53 bits per heavy atom. The highest BCUT2D eigenvalue weighted by atomic mass is 19.1. The molecule has 0 aliphatic carbocycles. The van der Waals surface area contributed by atoms with Crippen LogP contribution < -0.4 is 9.47 Å². The van der Waals surface area contributed by atoms with Crippen LogP contribution in [0.25, 0.3) is 0 Å². The molecule has 0 aromatic heterocycles. The zero-order valence-corrected chi connectivity index (χ0v) is 8.91. The van der Waals surface area contributed by atoms with Crippen molar-refractivity contribution >= 4 is 6.29 Å². The molecule has 3 nitrogen and oxygen atoms in total. The molecule has 1 aromatic rings. The molecule has 0 heterocycles. The van der Waals surface area contributed by atoms with Gasteiger partial charge in [-0.25, -0.2) is 0 Å². The Hall–Kier alpha value is -1.58. The molecule has 0 radical (unpaired) electrons. The number of ether oxygens (including phenoxy) is 2. The fourth-order valence-electron chi connectivity index (χ4n) is 1.20. The van der Waals surface area contributed by atoms with Crippen molar-refractivity contribution in [3.05, 3.63) is 23.5 Å². The van der Waals surface area contributed by atoms with Gasteiger partial charge in [-0.15, -0.1) is 0 Å². The average Bonchev–Trinajstić information content (AvgIpc) is 2.20. The van der Waals surface area contributed by atoms with Gasteiger partial charge in [-0.3, -0.25) is 4.79 Å². The first-order valence-corrected chi connectivity index (χ1v) is 4.58. The molecule has 82 valence electrons. The topological polar surface area (TPSA) is 35.5 Å². The lowest BCUT2D eigenvalue weighted by molar-refractivity contribution is 0.111. The van der Waals surface area contributed by atoms with Gasteiger partial charge in [-0.1, -0.05) is 0 Å². The van der Waals surface area contributed by atoms with Crippen molar-refractivity contribution in [3.8, 4) is 11.5 Å². The number of aldehydes is 1. The maximum Gasteiger partial charge on any atom is 0.207 e. The fraction of sp³-hybridized carbons (Fsp3) is 0.364. The summed E-state index contributed by atoms with van der Waals surface area (Å²) in [5, 5.41) is 0. The lowest BCUT2D eigenvalue weighted by Gasteiger charge is -2.13. The number of carbonyl (C=O) groups is 1. The number of halogens is 1. The summed E-state index contributed by atoms with van der Waals surface area (Å²) in [5.74, 6) is -0.633. The van der Waals surface area contributed by atoms with E-state index in [1.165, 1.54) is 19.2 Å². The zero-order valence-electron chi connectivity index (χ0n) is 8.91. The number of rotatable bonds is 4. The normalized spacial score (nSPS) is 10.2. The van der Waals surface area contributed by atoms with E-state index in [2.05, 4.69) is 0 Å². The first-order chi connectivity index (χ1) is 7.10. The van der Waals surface area contributed by atoms with Gasteiger partial charge in [0, 0.05) is 0 Å². The van der Waals surface area contributed by atoms with Crippen LogP contribution in [0, 0.1) is 5.82 Å². The molecule has 15 heavy (non-hydrogen) atoms. The molecule has 0 atom stereocenters. The summed E-state index contributed by atoms with van der Waals surface area (Å²) in [4.78, 5) is 10.6. The Kier molecular flexibility index (Phi) is 3.66. The number of methoxy groups -OCH3 is 1. The van der Waals surface area contributed by atoms with Crippen LogP contribution in [-0.2, 0) is 0 Å². The van der Waals surface area contributed by atoms with E-state index in [1.807, 2.05) is 0 Å². The van der Waals surface area contributed by atoms with Crippen LogP contribution in [-0.4, -0.2) is 19.5 Å². The van der Waals surface area contributed by atoms with Crippen LogP contribution in [0.1, 0.15) is 24.2 Å². The van der Waals surface area contributed by atoms with E-state index in [-0.39, 0.29) is 23.2 Å². The summed E-state index contributed by atoms with van der Waals surface area (Å²) < 4.78 is 23.7. The van der Waals surface area contributed by atoms with Gasteiger partial charge in [0.15, 0.2) is 17.8 Å². The fourth-order valence-corrected chi connectivity index (χ4v) is 1.20. The predicted octanol–water partition coefficient (Wildman–Crippen LogP) is 2.43. The van der Waals surface area contributed by atoms with Crippen LogP contribution in [0.4, 0.5) is 4.39 Å². The van der Waals surface area contributed by atoms with Gasteiger partial charge < -0.3 is 9.47 Å². The lowest BCUT2D eigenvalue weighted by Crippen LogP contribution is -2.08. The minimum absolute atomic E-state index is 0.0804. The molecule has 0 fully saturated rings. The van der Waals surface area contributed by atoms with Gasteiger partial charge in [-0.2, -0.15) is 4.39 Å². The van der Waals surface area contributed by atoms with E-state index < -0.39 is 5.82 Å². The molecule has 0 saturated heterocycles. The molecule has 0 N–H and O–H groups in total. The van der Waals surface area contributed by atoms with E-state index in [0.29, 0.717) is 6.29 Å². The van der Waals surface area contributed by atoms with Crippen molar-refractivity contribution in [2.24, 2.45) is 0 Å². The molecule has 0 aliphatic heterocycles. The van der Waals surface area contributed by atoms with Crippen LogP contribution in [0.2, 0.25) is 0 Å². The van der Waals surface area contributed by atoms with Crippen molar-refractivity contribution < 1.29 is 18.7 Å². The monoisotopic (exact) mass is 212 g/mol. The minimum atomic E-state index is -0.643. The maximum absolute atomic E-state index is 13.7. The second-order valence-electron chi connectivity index (χ2n) is 3.28. The quantitative estimate of drug-likeness (QED) is 0.719. The molecule has 0 unspecified atom stereocenters. The second kappa shape index (κ2) is 4.77. The van der Waals surface area contributed by atoms with Gasteiger partial charge in [0.2, 0.25) is 5.82 Å². The Morgan fingerprint density at radius 1 is 1.40 bits per heavy atom. The highest BCUT2D eigenvalue weighted by molar-refractivity contribution is 5.80. The van der Waals surface area contributed by atoms with Gasteiger partial charge in [0.1, 0.15) is 0 Å². The standard InChI is InChI=1S/C11H13FO3/c1-7(2)15-9-5-4-8(6-13)11(14-3)10(9)12/h4-7H,1-3H3. The first kappa shape index (κ1) is 11.5. The zero-order chi connectivity index (χ0) is 11.4. The maximum atomic E-state index is 13.7. The van der Waals surface area contributed by atoms with Gasteiger partial charge >= 0.3 is 0 Å². The molecule has 4 heteroatoms. The third-order valence-corrected chi connectivity index (χ3v) is 1.79. The summed E-state index contributed by atoms with van der Waals surface area (Å²) >= 11 is 0. The van der Waals surface area contributed by atoms with Crippen molar-refractivity contribution in [1.29, 1.82) is 0 Å². The molecule has 0 spiro atoms. The molecule has 0 bridgehead atoms. The number of hydrogen-bond acceptors (Lipinski definition) is 3. The SMILES string of the molecule is COc1c(C=O)ccc(OC(C)C)c1F. The van der Waals surface area contributed by atoms with Gasteiger partial charge in [0.05, 0.1) is 18.8 Å². The van der Waals surface area contributed by atoms with Crippen molar-refractivity contribution in [2.45, 2.75) is 20.0 Å². The number of carbonyl (C=O) groups excluding carboxylic acids is 1. The number of benzene rings is 1. The molecule has 0 saturated carbocycles. The van der Waals surface area contributed by atoms with Crippen molar-refractivity contribution in [3.63, 3.8) is 0 Å². The lowest BCUT2D eigenvalue weighted by atomic mass is 10.2. The van der Waals surface area contributed by atoms with Crippen LogP contribution in [0.15, 0.2) is 12.1 Å². The largest absolute Gasteiger partial charge is 0.493 e. The van der Waals surface area contributed by atoms with E-state index in [0.717, 1.165) is 0 Å². The third-order valence-electron chi connectivity index (χ3n) is 1.79. The summed E-state index contributed by atoms with van der Waals surface area (Å²) in [6.07, 6.45) is 0.410. The third kappa shape index (κ3) is 2.46. The summed E-state index contributed by atoms with van der Waals surface area (Å²) in [7, 11) is 1.31.